The number of carbonyl (C=O) groups excluding carboxylic acids is 1. The number of alkyl halides is 2. The molecule has 0 aliphatic heterocycles. The lowest BCUT2D eigenvalue weighted by molar-refractivity contribution is -0.0504. The van der Waals surface area contributed by atoms with Crippen LogP contribution in [-0.2, 0) is 19.6 Å². The van der Waals surface area contributed by atoms with Gasteiger partial charge in [0, 0.05) is 44.1 Å². The van der Waals surface area contributed by atoms with Crippen LogP contribution in [0, 0.1) is 0 Å². The molecule has 0 saturated carbocycles. The molecule has 176 valence electrons. The summed E-state index contributed by atoms with van der Waals surface area (Å²) in [5.41, 5.74) is 1.43. The zero-order valence-corrected chi connectivity index (χ0v) is 18.5. The van der Waals surface area contributed by atoms with E-state index < -0.39 is 6.61 Å². The van der Waals surface area contributed by atoms with Crippen LogP contribution in [-0.4, -0.2) is 40.2 Å². The molecule has 0 aliphatic rings. The number of benzene rings is 2. The normalized spacial score (nSPS) is 10.8. The molecule has 3 rings (SSSR count). The van der Waals surface area contributed by atoms with Gasteiger partial charge in [0.15, 0.2) is 0 Å². The highest BCUT2D eigenvalue weighted by atomic mass is 19.3. The van der Waals surface area contributed by atoms with E-state index in [0.29, 0.717) is 25.3 Å². The monoisotopic (exact) mass is 458 g/mol. The Labute approximate surface area is 191 Å². The lowest BCUT2D eigenvalue weighted by atomic mass is 10.2. The lowest BCUT2D eigenvalue weighted by Crippen LogP contribution is -2.40. The smallest absolute Gasteiger partial charge is 0.387 e. The first-order valence-corrected chi connectivity index (χ1v) is 10.8. The van der Waals surface area contributed by atoms with Gasteiger partial charge in [0.25, 0.3) is 0 Å². The fraction of sp³-hybridized carbons (Fsp3) is 0.333. The van der Waals surface area contributed by atoms with Crippen molar-refractivity contribution in [2.45, 2.75) is 39.6 Å². The average Bonchev–Trinajstić information content (AvgIpc) is 3.32. The lowest BCUT2D eigenvalue weighted by Gasteiger charge is -2.24. The molecule has 3 aromatic rings. The number of amides is 2. The number of urea groups is 1. The quantitative estimate of drug-likeness (QED) is 0.428. The summed E-state index contributed by atoms with van der Waals surface area (Å²) in [6.45, 7) is 1.27. The molecule has 0 spiro atoms. The Morgan fingerprint density at radius 2 is 1.97 bits per heavy atom. The highest BCUT2D eigenvalue weighted by Crippen LogP contribution is 2.20. The zero-order valence-electron chi connectivity index (χ0n) is 18.5. The second kappa shape index (κ2) is 12.4. The summed E-state index contributed by atoms with van der Waals surface area (Å²) >= 11 is 0. The number of para-hydroxylation sites is 1. The van der Waals surface area contributed by atoms with Gasteiger partial charge >= 0.3 is 12.6 Å². The number of aromatic nitrogens is 2. The van der Waals surface area contributed by atoms with E-state index in [1.54, 1.807) is 35.6 Å². The number of rotatable bonds is 12. The minimum absolute atomic E-state index is 0.0472. The van der Waals surface area contributed by atoms with Crippen molar-refractivity contribution < 1.29 is 23.0 Å². The van der Waals surface area contributed by atoms with Crippen molar-refractivity contribution in [3.63, 3.8) is 0 Å². The minimum atomic E-state index is -2.93. The molecule has 1 aromatic heterocycles. The SMILES string of the molecule is CCOc1ccc(CN(CCCn2ccnc2)C(=O)NCc2ccccc2OC(F)F)cc1. The Morgan fingerprint density at radius 1 is 1.18 bits per heavy atom. The van der Waals surface area contributed by atoms with E-state index in [1.165, 1.54) is 6.07 Å². The van der Waals surface area contributed by atoms with Crippen LogP contribution in [0.15, 0.2) is 67.3 Å². The summed E-state index contributed by atoms with van der Waals surface area (Å²) in [4.78, 5) is 18.7. The predicted molar refractivity (Wildman–Crippen MR) is 120 cm³/mol. The van der Waals surface area contributed by atoms with Crippen molar-refractivity contribution in [2.24, 2.45) is 0 Å². The van der Waals surface area contributed by atoms with Crippen molar-refractivity contribution in [3.8, 4) is 11.5 Å². The topological polar surface area (TPSA) is 68.6 Å². The molecule has 0 unspecified atom stereocenters. The number of hydrogen-bond acceptors (Lipinski definition) is 4. The molecule has 0 aliphatic carbocycles. The molecule has 0 atom stereocenters. The van der Waals surface area contributed by atoms with Crippen molar-refractivity contribution in [1.82, 2.24) is 19.8 Å². The Balaban J connectivity index is 1.64. The van der Waals surface area contributed by atoms with Crippen LogP contribution in [0.1, 0.15) is 24.5 Å². The van der Waals surface area contributed by atoms with Gasteiger partial charge in [0.1, 0.15) is 11.5 Å². The number of aryl methyl sites for hydroxylation is 1. The summed E-state index contributed by atoms with van der Waals surface area (Å²) in [7, 11) is 0. The molecule has 7 nitrogen and oxygen atoms in total. The number of hydrogen-bond donors (Lipinski definition) is 1. The highest BCUT2D eigenvalue weighted by molar-refractivity contribution is 5.74. The number of halogens is 2. The second-order valence-electron chi connectivity index (χ2n) is 7.30. The van der Waals surface area contributed by atoms with E-state index >= 15 is 0 Å². The third kappa shape index (κ3) is 7.78. The number of ether oxygens (including phenoxy) is 2. The third-order valence-electron chi connectivity index (χ3n) is 4.92. The Bertz CT molecular complexity index is 982. The number of carbonyl (C=O) groups is 1. The maximum absolute atomic E-state index is 13.0. The van der Waals surface area contributed by atoms with Gasteiger partial charge in [-0.15, -0.1) is 0 Å². The van der Waals surface area contributed by atoms with Gasteiger partial charge in [-0.1, -0.05) is 30.3 Å². The van der Waals surface area contributed by atoms with Crippen LogP contribution >= 0.6 is 0 Å². The fourth-order valence-electron chi connectivity index (χ4n) is 3.34. The number of nitrogens with zero attached hydrogens (tertiary/aromatic N) is 3. The molecule has 0 saturated heterocycles. The molecular weight excluding hydrogens is 430 g/mol. The summed E-state index contributed by atoms with van der Waals surface area (Å²) in [5, 5.41) is 2.83. The molecule has 1 heterocycles. The summed E-state index contributed by atoms with van der Waals surface area (Å²) in [6, 6.07) is 13.7. The fourth-order valence-corrected chi connectivity index (χ4v) is 3.34. The van der Waals surface area contributed by atoms with Gasteiger partial charge in [-0.2, -0.15) is 8.78 Å². The van der Waals surface area contributed by atoms with Gasteiger partial charge in [0.05, 0.1) is 12.9 Å². The largest absolute Gasteiger partial charge is 0.494 e. The summed E-state index contributed by atoms with van der Waals surface area (Å²) in [6.07, 6.45) is 6.04. The highest BCUT2D eigenvalue weighted by Gasteiger charge is 2.16. The standard InChI is InChI=1S/C24H28F2N4O3/c1-2-32-21-10-8-19(9-11-21)17-30(14-5-13-29-15-12-27-18-29)24(31)28-16-20-6-3-4-7-22(20)33-23(25)26/h3-4,6-12,15,18,23H,2,5,13-14,16-17H2,1H3,(H,28,31). The van der Waals surface area contributed by atoms with Crippen molar-refractivity contribution in [2.75, 3.05) is 13.2 Å². The van der Waals surface area contributed by atoms with Crippen LogP contribution in [0.5, 0.6) is 11.5 Å². The van der Waals surface area contributed by atoms with Crippen LogP contribution in [0.3, 0.4) is 0 Å². The zero-order chi connectivity index (χ0) is 23.5. The van der Waals surface area contributed by atoms with Crippen LogP contribution in [0.2, 0.25) is 0 Å². The number of imidazole rings is 1. The first-order valence-electron chi connectivity index (χ1n) is 10.8. The minimum Gasteiger partial charge on any atom is -0.494 e. The van der Waals surface area contributed by atoms with E-state index in [1.807, 2.05) is 42.0 Å². The van der Waals surface area contributed by atoms with Gasteiger partial charge in [-0.05, 0) is 37.1 Å². The first-order chi connectivity index (χ1) is 16.0. The van der Waals surface area contributed by atoms with Crippen LogP contribution in [0.25, 0.3) is 0 Å². The molecule has 0 fully saturated rings. The summed E-state index contributed by atoms with van der Waals surface area (Å²) in [5.74, 6) is 0.818. The van der Waals surface area contributed by atoms with E-state index in [2.05, 4.69) is 15.0 Å². The van der Waals surface area contributed by atoms with E-state index in [9.17, 15) is 13.6 Å². The van der Waals surface area contributed by atoms with Crippen LogP contribution in [0.4, 0.5) is 13.6 Å². The maximum Gasteiger partial charge on any atom is 0.387 e. The third-order valence-corrected chi connectivity index (χ3v) is 4.92. The Hall–Kier alpha value is -3.62. The van der Waals surface area contributed by atoms with Crippen LogP contribution < -0.4 is 14.8 Å². The van der Waals surface area contributed by atoms with E-state index in [-0.39, 0.29) is 18.3 Å². The van der Waals surface area contributed by atoms with Gasteiger partial charge in [0.2, 0.25) is 0 Å². The molecular formula is C24H28F2N4O3. The molecule has 0 bridgehead atoms. The average molecular weight is 459 g/mol. The van der Waals surface area contributed by atoms with E-state index in [4.69, 9.17) is 4.74 Å². The van der Waals surface area contributed by atoms with E-state index in [0.717, 1.165) is 24.3 Å². The van der Waals surface area contributed by atoms with Crippen molar-refractivity contribution >= 4 is 6.03 Å². The summed E-state index contributed by atoms with van der Waals surface area (Å²) < 4.78 is 37.3. The van der Waals surface area contributed by atoms with Crippen molar-refractivity contribution in [3.05, 3.63) is 78.4 Å². The number of nitrogens with one attached hydrogen (secondary N) is 1. The molecule has 33 heavy (non-hydrogen) atoms. The molecule has 0 radical (unpaired) electrons. The van der Waals surface area contributed by atoms with Crippen molar-refractivity contribution in [1.29, 1.82) is 0 Å². The Morgan fingerprint density at radius 3 is 2.67 bits per heavy atom. The molecule has 2 amide bonds. The molecule has 2 aromatic carbocycles. The predicted octanol–water partition coefficient (Wildman–Crippen LogP) is 4.69. The molecule has 9 heteroatoms. The molecule has 1 N–H and O–H groups in total. The maximum atomic E-state index is 13.0. The van der Waals surface area contributed by atoms with Gasteiger partial charge < -0.3 is 24.3 Å². The van der Waals surface area contributed by atoms with Gasteiger partial charge in [-0.25, -0.2) is 9.78 Å². The second-order valence-corrected chi connectivity index (χ2v) is 7.30. The Kier molecular flexibility index (Phi) is 9.05. The van der Waals surface area contributed by atoms with Gasteiger partial charge in [-0.3, -0.25) is 0 Å². The first kappa shape index (κ1) is 24.0.